The predicted molar refractivity (Wildman–Crippen MR) is 70.9 cm³/mol. The van der Waals surface area contributed by atoms with Crippen molar-refractivity contribution in [2.24, 2.45) is 0 Å². The fourth-order valence-corrected chi connectivity index (χ4v) is 1.95. The monoisotopic (exact) mass is 240 g/mol. The van der Waals surface area contributed by atoms with Crippen LogP contribution in [-0.4, -0.2) is 14.7 Å². The van der Waals surface area contributed by atoms with E-state index in [1.54, 1.807) is 19.4 Å². The van der Waals surface area contributed by atoms with Crippen molar-refractivity contribution in [3.8, 4) is 11.8 Å². The minimum Gasteiger partial charge on any atom is -0.374 e. The van der Waals surface area contributed by atoms with Gasteiger partial charge in [0.1, 0.15) is 0 Å². The molecule has 1 aromatic heterocycles. The highest BCUT2D eigenvalue weighted by atomic mass is 16.3. The van der Waals surface area contributed by atoms with Crippen LogP contribution in [0, 0.1) is 11.8 Å². The molecule has 0 fully saturated rings. The number of aliphatic hydroxyl groups is 1. The Morgan fingerprint density at radius 3 is 2.67 bits per heavy atom. The van der Waals surface area contributed by atoms with Gasteiger partial charge in [-0.2, -0.15) is 0 Å². The van der Waals surface area contributed by atoms with Gasteiger partial charge in [-0.3, -0.25) is 0 Å². The molecule has 3 heteroatoms. The van der Waals surface area contributed by atoms with Gasteiger partial charge in [-0.25, -0.2) is 4.98 Å². The first-order valence-corrected chi connectivity index (χ1v) is 5.91. The van der Waals surface area contributed by atoms with Crippen LogP contribution in [0.4, 0.5) is 0 Å². The molecule has 0 radical (unpaired) electrons. The molecular weight excluding hydrogens is 224 g/mol. The van der Waals surface area contributed by atoms with Gasteiger partial charge in [0, 0.05) is 0 Å². The summed E-state index contributed by atoms with van der Waals surface area (Å²) in [7, 11) is 0. The summed E-state index contributed by atoms with van der Waals surface area (Å²) in [5.41, 5.74) is 1.90. The summed E-state index contributed by atoms with van der Waals surface area (Å²) in [6.45, 7) is 3.79. The smallest absolute Gasteiger partial charge is 0.156 e. The van der Waals surface area contributed by atoms with Gasteiger partial charge in [0.2, 0.25) is 0 Å². The van der Waals surface area contributed by atoms with Crippen LogP contribution >= 0.6 is 0 Å². The molecule has 92 valence electrons. The average molecular weight is 240 g/mol. The lowest BCUT2D eigenvalue weighted by molar-refractivity contribution is 0.226. The number of benzene rings is 1. The second kappa shape index (κ2) is 5.52. The SMILES string of the molecule is CC#CC(O)c1cncn1[C@H](C)c1ccccc1. The zero-order valence-electron chi connectivity index (χ0n) is 10.5. The number of aromatic nitrogens is 2. The predicted octanol–water partition coefficient (Wildman–Crippen LogP) is 2.55. The van der Waals surface area contributed by atoms with Gasteiger partial charge in [0.25, 0.3) is 0 Å². The molecule has 2 aromatic rings. The first kappa shape index (κ1) is 12.4. The third kappa shape index (κ3) is 2.44. The molecule has 0 aliphatic carbocycles. The molecule has 2 rings (SSSR count). The summed E-state index contributed by atoms with van der Waals surface area (Å²) >= 11 is 0. The van der Waals surface area contributed by atoms with Crippen molar-refractivity contribution < 1.29 is 5.11 Å². The second-order valence-corrected chi connectivity index (χ2v) is 4.11. The summed E-state index contributed by atoms with van der Waals surface area (Å²) in [5, 5.41) is 9.95. The van der Waals surface area contributed by atoms with Gasteiger partial charge < -0.3 is 9.67 Å². The Hall–Kier alpha value is -2.05. The molecular formula is C15H16N2O. The fraction of sp³-hybridized carbons (Fsp3) is 0.267. The van der Waals surface area contributed by atoms with Crippen LogP contribution in [0.2, 0.25) is 0 Å². The summed E-state index contributed by atoms with van der Waals surface area (Å²) in [6, 6.07) is 10.2. The van der Waals surface area contributed by atoms with Gasteiger partial charge in [-0.1, -0.05) is 36.3 Å². The van der Waals surface area contributed by atoms with Crippen LogP contribution < -0.4 is 0 Å². The largest absolute Gasteiger partial charge is 0.374 e. The number of rotatable bonds is 3. The molecule has 0 aliphatic heterocycles. The van der Waals surface area contributed by atoms with Crippen molar-refractivity contribution in [1.82, 2.24) is 9.55 Å². The van der Waals surface area contributed by atoms with Gasteiger partial charge in [0.15, 0.2) is 6.10 Å². The molecule has 0 saturated carbocycles. The number of nitrogens with zero attached hydrogens (tertiary/aromatic N) is 2. The number of aliphatic hydroxyl groups excluding tert-OH is 1. The fourth-order valence-electron chi connectivity index (χ4n) is 1.95. The summed E-state index contributed by atoms with van der Waals surface area (Å²) in [5.74, 6) is 5.46. The van der Waals surface area contributed by atoms with E-state index in [-0.39, 0.29) is 6.04 Å². The molecule has 1 unspecified atom stereocenters. The Morgan fingerprint density at radius 2 is 2.00 bits per heavy atom. The van der Waals surface area contributed by atoms with E-state index in [9.17, 15) is 5.11 Å². The normalized spacial score (nSPS) is 13.5. The topological polar surface area (TPSA) is 38.1 Å². The first-order valence-electron chi connectivity index (χ1n) is 5.91. The maximum atomic E-state index is 9.95. The minimum absolute atomic E-state index is 0.122. The Morgan fingerprint density at radius 1 is 1.28 bits per heavy atom. The van der Waals surface area contributed by atoms with Crippen molar-refractivity contribution in [2.75, 3.05) is 0 Å². The molecule has 0 amide bonds. The third-order valence-corrected chi connectivity index (χ3v) is 2.96. The van der Waals surface area contributed by atoms with Crippen molar-refractivity contribution in [3.63, 3.8) is 0 Å². The van der Waals surface area contributed by atoms with Crippen LogP contribution in [0.1, 0.15) is 37.3 Å². The van der Waals surface area contributed by atoms with Gasteiger partial charge in [0.05, 0.1) is 24.3 Å². The number of hydrogen-bond donors (Lipinski definition) is 1. The molecule has 18 heavy (non-hydrogen) atoms. The van der Waals surface area contributed by atoms with Crippen LogP contribution in [0.5, 0.6) is 0 Å². The summed E-state index contributed by atoms with van der Waals surface area (Å²) in [4.78, 5) is 4.11. The first-order chi connectivity index (χ1) is 8.74. The quantitative estimate of drug-likeness (QED) is 0.837. The highest BCUT2D eigenvalue weighted by molar-refractivity contribution is 5.23. The van der Waals surface area contributed by atoms with Gasteiger partial charge in [-0.05, 0) is 19.4 Å². The van der Waals surface area contributed by atoms with E-state index in [0.717, 1.165) is 5.69 Å². The second-order valence-electron chi connectivity index (χ2n) is 4.11. The van der Waals surface area contributed by atoms with Crippen LogP contribution in [0.3, 0.4) is 0 Å². The lowest BCUT2D eigenvalue weighted by Crippen LogP contribution is -2.11. The van der Waals surface area contributed by atoms with E-state index >= 15 is 0 Å². The highest BCUT2D eigenvalue weighted by Crippen LogP contribution is 2.22. The molecule has 0 spiro atoms. The lowest BCUT2D eigenvalue weighted by Gasteiger charge is -2.17. The number of imidazole rings is 1. The van der Waals surface area contributed by atoms with Gasteiger partial charge in [-0.15, -0.1) is 5.92 Å². The molecule has 1 heterocycles. The Kier molecular flexibility index (Phi) is 3.81. The Bertz CT molecular complexity index is 563. The number of hydrogen-bond acceptors (Lipinski definition) is 2. The molecule has 1 aromatic carbocycles. The van der Waals surface area contributed by atoms with E-state index in [0.29, 0.717) is 0 Å². The zero-order chi connectivity index (χ0) is 13.0. The van der Waals surface area contributed by atoms with Crippen LogP contribution in [-0.2, 0) is 0 Å². The Balaban J connectivity index is 2.34. The van der Waals surface area contributed by atoms with Crippen molar-refractivity contribution in [2.45, 2.75) is 26.0 Å². The van der Waals surface area contributed by atoms with Gasteiger partial charge >= 0.3 is 0 Å². The average Bonchev–Trinajstić information content (AvgIpc) is 2.88. The molecule has 0 aliphatic rings. The maximum Gasteiger partial charge on any atom is 0.156 e. The molecule has 2 atom stereocenters. The highest BCUT2D eigenvalue weighted by Gasteiger charge is 2.15. The standard InChI is InChI=1S/C15H16N2O/c1-3-7-15(18)14-10-16-11-17(14)12(2)13-8-5-4-6-9-13/h4-6,8-12,15,18H,1-2H3/t12-,15?/m1/s1. The lowest BCUT2D eigenvalue weighted by atomic mass is 10.1. The minimum atomic E-state index is -0.788. The maximum absolute atomic E-state index is 9.95. The summed E-state index contributed by atoms with van der Waals surface area (Å²) in [6.07, 6.45) is 2.60. The van der Waals surface area contributed by atoms with Crippen LogP contribution in [0.15, 0.2) is 42.9 Å². The van der Waals surface area contributed by atoms with Crippen molar-refractivity contribution in [1.29, 1.82) is 0 Å². The zero-order valence-corrected chi connectivity index (χ0v) is 10.5. The van der Waals surface area contributed by atoms with E-state index < -0.39 is 6.10 Å². The van der Waals surface area contributed by atoms with E-state index in [2.05, 4.69) is 35.9 Å². The van der Waals surface area contributed by atoms with E-state index in [1.807, 2.05) is 22.8 Å². The Labute approximate surface area is 107 Å². The van der Waals surface area contributed by atoms with E-state index in [4.69, 9.17) is 0 Å². The third-order valence-electron chi connectivity index (χ3n) is 2.96. The molecule has 0 saturated heterocycles. The summed E-state index contributed by atoms with van der Waals surface area (Å²) < 4.78 is 1.95. The van der Waals surface area contributed by atoms with Crippen molar-refractivity contribution in [3.05, 3.63) is 54.1 Å². The molecule has 1 N–H and O–H groups in total. The molecule has 0 bridgehead atoms. The van der Waals surface area contributed by atoms with E-state index in [1.165, 1.54) is 5.56 Å². The molecule has 3 nitrogen and oxygen atoms in total. The van der Waals surface area contributed by atoms with Crippen molar-refractivity contribution >= 4 is 0 Å². The van der Waals surface area contributed by atoms with Crippen LogP contribution in [0.25, 0.3) is 0 Å².